The molecule has 5 heteroatoms. The standard InChI is InChI=1S/C10H9NO4/c1-14-10(13)6-2-3-8-7(4-6)11-5-9(12)15-8/h2-4,11H,5H2,1H3. The molecule has 0 aliphatic carbocycles. The molecule has 2 rings (SSSR count). The van der Waals surface area contributed by atoms with Gasteiger partial charge in [0.2, 0.25) is 0 Å². The lowest BCUT2D eigenvalue weighted by Gasteiger charge is -2.17. The topological polar surface area (TPSA) is 64.6 Å². The molecule has 5 nitrogen and oxygen atoms in total. The first-order valence-corrected chi connectivity index (χ1v) is 4.37. The first kappa shape index (κ1) is 9.51. The molecule has 0 fully saturated rings. The van der Waals surface area contributed by atoms with E-state index in [1.807, 2.05) is 0 Å². The third kappa shape index (κ3) is 1.76. The number of anilines is 1. The number of carbonyl (C=O) groups is 2. The third-order valence-corrected chi connectivity index (χ3v) is 2.05. The Morgan fingerprint density at radius 1 is 1.53 bits per heavy atom. The van der Waals surface area contributed by atoms with Gasteiger partial charge in [0.25, 0.3) is 0 Å². The number of ether oxygens (including phenoxy) is 2. The predicted octanol–water partition coefficient (Wildman–Crippen LogP) is 0.804. The minimum absolute atomic E-state index is 0.109. The fourth-order valence-corrected chi connectivity index (χ4v) is 1.33. The van der Waals surface area contributed by atoms with Gasteiger partial charge in [0.1, 0.15) is 6.54 Å². The molecule has 0 atom stereocenters. The Balaban J connectivity index is 2.34. The summed E-state index contributed by atoms with van der Waals surface area (Å²) in [5.74, 6) is -0.330. The largest absolute Gasteiger partial charge is 0.465 e. The summed E-state index contributed by atoms with van der Waals surface area (Å²) in [7, 11) is 1.31. The van der Waals surface area contributed by atoms with E-state index in [2.05, 4.69) is 10.1 Å². The van der Waals surface area contributed by atoms with Crippen LogP contribution in [-0.4, -0.2) is 25.6 Å². The lowest BCUT2D eigenvalue weighted by molar-refractivity contribution is -0.132. The van der Waals surface area contributed by atoms with E-state index in [9.17, 15) is 9.59 Å². The van der Waals surface area contributed by atoms with Gasteiger partial charge in [0, 0.05) is 0 Å². The van der Waals surface area contributed by atoms with Crippen molar-refractivity contribution in [3.05, 3.63) is 23.8 Å². The van der Waals surface area contributed by atoms with E-state index in [1.54, 1.807) is 18.2 Å². The zero-order chi connectivity index (χ0) is 10.8. The molecule has 0 saturated heterocycles. The van der Waals surface area contributed by atoms with Crippen LogP contribution < -0.4 is 10.1 Å². The number of benzene rings is 1. The SMILES string of the molecule is COC(=O)c1ccc2c(c1)NCC(=O)O2. The Hall–Kier alpha value is -2.04. The van der Waals surface area contributed by atoms with Crippen LogP contribution in [0.15, 0.2) is 18.2 Å². The molecule has 0 amide bonds. The zero-order valence-corrected chi connectivity index (χ0v) is 8.07. The van der Waals surface area contributed by atoms with Crippen molar-refractivity contribution in [2.45, 2.75) is 0 Å². The maximum Gasteiger partial charge on any atom is 0.337 e. The number of hydrogen-bond donors (Lipinski definition) is 1. The van der Waals surface area contributed by atoms with Crippen molar-refractivity contribution in [3.8, 4) is 5.75 Å². The van der Waals surface area contributed by atoms with Gasteiger partial charge in [0.15, 0.2) is 5.75 Å². The van der Waals surface area contributed by atoms with Crippen LogP contribution in [0, 0.1) is 0 Å². The molecule has 0 spiro atoms. The fourth-order valence-electron chi connectivity index (χ4n) is 1.33. The molecule has 1 N–H and O–H groups in total. The summed E-state index contributed by atoms with van der Waals surface area (Å²) < 4.78 is 9.52. The van der Waals surface area contributed by atoms with Crippen LogP contribution in [0.5, 0.6) is 5.75 Å². The average Bonchev–Trinajstić information content (AvgIpc) is 2.27. The molecule has 78 valence electrons. The Bertz CT molecular complexity index is 427. The third-order valence-electron chi connectivity index (χ3n) is 2.05. The number of methoxy groups -OCH3 is 1. The second-order valence-electron chi connectivity index (χ2n) is 3.03. The Labute approximate surface area is 86.0 Å². The molecule has 1 heterocycles. The van der Waals surface area contributed by atoms with Crippen LogP contribution in [0.4, 0.5) is 5.69 Å². The van der Waals surface area contributed by atoms with E-state index >= 15 is 0 Å². The maximum atomic E-state index is 11.2. The summed E-state index contributed by atoms with van der Waals surface area (Å²) in [6.07, 6.45) is 0. The predicted molar refractivity (Wildman–Crippen MR) is 51.9 cm³/mol. The maximum absolute atomic E-state index is 11.2. The van der Waals surface area contributed by atoms with Crippen molar-refractivity contribution in [2.75, 3.05) is 19.0 Å². The summed E-state index contributed by atoms with van der Waals surface area (Å²) in [5, 5.41) is 2.85. The minimum atomic E-state index is -0.420. The summed E-state index contributed by atoms with van der Waals surface area (Å²) >= 11 is 0. The first-order chi connectivity index (χ1) is 7.20. The Kier molecular flexibility index (Phi) is 2.29. The highest BCUT2D eigenvalue weighted by atomic mass is 16.5. The molecular formula is C10H9NO4. The summed E-state index contributed by atoms with van der Waals surface area (Å²) in [4.78, 5) is 22.1. The van der Waals surface area contributed by atoms with Gasteiger partial charge in [-0.3, -0.25) is 0 Å². The Morgan fingerprint density at radius 3 is 3.07 bits per heavy atom. The average molecular weight is 207 g/mol. The molecule has 0 radical (unpaired) electrons. The molecule has 0 aromatic heterocycles. The van der Waals surface area contributed by atoms with Crippen molar-refractivity contribution in [2.24, 2.45) is 0 Å². The van der Waals surface area contributed by atoms with Crippen molar-refractivity contribution >= 4 is 17.6 Å². The van der Waals surface area contributed by atoms with Crippen LogP contribution in [-0.2, 0) is 9.53 Å². The number of esters is 2. The number of hydrogen-bond acceptors (Lipinski definition) is 5. The van der Waals surface area contributed by atoms with Gasteiger partial charge in [-0.1, -0.05) is 0 Å². The van der Waals surface area contributed by atoms with E-state index in [-0.39, 0.29) is 12.5 Å². The van der Waals surface area contributed by atoms with Gasteiger partial charge < -0.3 is 14.8 Å². The zero-order valence-electron chi connectivity index (χ0n) is 8.07. The highest BCUT2D eigenvalue weighted by Gasteiger charge is 2.18. The van der Waals surface area contributed by atoms with Crippen molar-refractivity contribution in [1.29, 1.82) is 0 Å². The first-order valence-electron chi connectivity index (χ1n) is 4.37. The van der Waals surface area contributed by atoms with Gasteiger partial charge in [-0.05, 0) is 18.2 Å². The van der Waals surface area contributed by atoms with Gasteiger partial charge in [-0.2, -0.15) is 0 Å². The molecule has 15 heavy (non-hydrogen) atoms. The molecular weight excluding hydrogens is 198 g/mol. The van der Waals surface area contributed by atoms with Gasteiger partial charge in [0.05, 0.1) is 18.4 Å². The fraction of sp³-hybridized carbons (Fsp3) is 0.200. The summed E-state index contributed by atoms with van der Waals surface area (Å²) in [5.41, 5.74) is 1.04. The van der Waals surface area contributed by atoms with E-state index in [0.717, 1.165) is 0 Å². The highest BCUT2D eigenvalue weighted by molar-refractivity contribution is 5.92. The van der Waals surface area contributed by atoms with Crippen LogP contribution in [0.25, 0.3) is 0 Å². The lowest BCUT2D eigenvalue weighted by atomic mass is 10.1. The molecule has 0 saturated carbocycles. The van der Waals surface area contributed by atoms with Crippen molar-refractivity contribution in [1.82, 2.24) is 0 Å². The van der Waals surface area contributed by atoms with Crippen molar-refractivity contribution < 1.29 is 19.1 Å². The summed E-state index contributed by atoms with van der Waals surface area (Å²) in [6.45, 7) is 0.109. The second kappa shape index (κ2) is 3.61. The molecule has 1 aliphatic heterocycles. The monoisotopic (exact) mass is 207 g/mol. The van der Waals surface area contributed by atoms with Crippen molar-refractivity contribution in [3.63, 3.8) is 0 Å². The van der Waals surface area contributed by atoms with Gasteiger partial charge in [-0.25, -0.2) is 9.59 Å². The minimum Gasteiger partial charge on any atom is -0.465 e. The van der Waals surface area contributed by atoms with Crippen LogP contribution in [0.1, 0.15) is 10.4 Å². The number of fused-ring (bicyclic) bond motifs is 1. The van der Waals surface area contributed by atoms with E-state index in [4.69, 9.17) is 4.74 Å². The normalized spacial score (nSPS) is 13.5. The Morgan fingerprint density at radius 2 is 2.33 bits per heavy atom. The van der Waals surface area contributed by atoms with E-state index in [1.165, 1.54) is 7.11 Å². The van der Waals surface area contributed by atoms with Gasteiger partial charge >= 0.3 is 11.9 Å². The molecule has 1 aromatic rings. The number of rotatable bonds is 1. The molecule has 1 aliphatic rings. The van der Waals surface area contributed by atoms with E-state index in [0.29, 0.717) is 17.0 Å². The van der Waals surface area contributed by atoms with Crippen LogP contribution >= 0.6 is 0 Å². The molecule has 0 bridgehead atoms. The molecule has 1 aromatic carbocycles. The lowest BCUT2D eigenvalue weighted by Crippen LogP contribution is -2.25. The highest BCUT2D eigenvalue weighted by Crippen LogP contribution is 2.28. The second-order valence-corrected chi connectivity index (χ2v) is 3.03. The van der Waals surface area contributed by atoms with Gasteiger partial charge in [-0.15, -0.1) is 0 Å². The summed E-state index contributed by atoms with van der Waals surface area (Å²) in [6, 6.07) is 4.70. The van der Waals surface area contributed by atoms with E-state index < -0.39 is 5.97 Å². The van der Waals surface area contributed by atoms with Crippen LogP contribution in [0.3, 0.4) is 0 Å². The molecule has 0 unspecified atom stereocenters. The van der Waals surface area contributed by atoms with Crippen LogP contribution in [0.2, 0.25) is 0 Å². The quantitative estimate of drug-likeness (QED) is 0.545. The smallest absolute Gasteiger partial charge is 0.337 e. The number of nitrogens with one attached hydrogen (secondary N) is 1. The number of carbonyl (C=O) groups excluding carboxylic acids is 2.